The molecule has 1 aliphatic carbocycles. The van der Waals surface area contributed by atoms with Crippen LogP contribution in [0.1, 0.15) is 61.4 Å². The summed E-state index contributed by atoms with van der Waals surface area (Å²) < 4.78 is 0. The van der Waals surface area contributed by atoms with E-state index in [2.05, 4.69) is 22.5 Å². The van der Waals surface area contributed by atoms with Crippen molar-refractivity contribution in [2.24, 2.45) is 5.92 Å². The third-order valence-electron chi connectivity index (χ3n) is 5.59. The van der Waals surface area contributed by atoms with Crippen LogP contribution in [0.5, 0.6) is 0 Å². The Morgan fingerprint density at radius 1 is 1.07 bits per heavy atom. The van der Waals surface area contributed by atoms with Gasteiger partial charge in [0.05, 0.1) is 0 Å². The van der Waals surface area contributed by atoms with E-state index in [1.165, 1.54) is 25.9 Å². The largest absolute Gasteiger partial charge is 0.353 e. The Morgan fingerprint density at radius 3 is 2.46 bits per heavy atom. The third kappa shape index (κ3) is 7.12. The Hall–Kier alpha value is -2.14. The van der Waals surface area contributed by atoms with Gasteiger partial charge in [0.1, 0.15) is 0 Å². The molecule has 1 aliphatic heterocycles. The lowest BCUT2D eigenvalue weighted by Gasteiger charge is -2.30. The molecular formula is C23H33N3O2. The number of hydrogen-bond acceptors (Lipinski definition) is 3. The molecule has 0 radical (unpaired) electrons. The average Bonchev–Trinajstić information content (AvgIpc) is 3.52. The van der Waals surface area contributed by atoms with Crippen molar-refractivity contribution < 1.29 is 9.59 Å². The molecule has 1 saturated heterocycles. The molecule has 1 aromatic rings. The monoisotopic (exact) mass is 383 g/mol. The van der Waals surface area contributed by atoms with Crippen LogP contribution in [0.2, 0.25) is 0 Å². The van der Waals surface area contributed by atoms with Crippen molar-refractivity contribution in [2.75, 3.05) is 26.2 Å². The lowest BCUT2D eigenvalue weighted by atomic mass is 9.99. The minimum absolute atomic E-state index is 0.0187. The Balaban J connectivity index is 1.29. The molecule has 5 nitrogen and oxygen atoms in total. The van der Waals surface area contributed by atoms with Crippen LogP contribution in [0.15, 0.2) is 30.3 Å². The topological polar surface area (TPSA) is 61.4 Å². The standard InChI is InChI=1S/C23H33N3O2/c1-18-12-16-26(17-13-18)15-3-2-14-24-22(27)11-6-19-4-7-20(8-5-19)23(28)25-21-9-10-21/h4-8,11,18,21H,2-3,9-10,12-17H2,1H3,(H,24,27)(H,25,28)/b11-6+. The molecule has 1 aromatic carbocycles. The molecule has 0 atom stereocenters. The summed E-state index contributed by atoms with van der Waals surface area (Å²) in [6.45, 7) is 6.63. The zero-order valence-corrected chi connectivity index (χ0v) is 17.0. The number of likely N-dealkylation sites (tertiary alicyclic amines) is 1. The molecule has 2 N–H and O–H groups in total. The van der Waals surface area contributed by atoms with Crippen LogP contribution in [0.4, 0.5) is 0 Å². The fourth-order valence-corrected chi connectivity index (χ4v) is 3.43. The Kier molecular flexibility index (Phi) is 7.66. The van der Waals surface area contributed by atoms with Crippen molar-refractivity contribution in [1.82, 2.24) is 15.5 Å². The van der Waals surface area contributed by atoms with Gasteiger partial charge in [-0.2, -0.15) is 0 Å². The predicted octanol–water partition coefficient (Wildman–Crippen LogP) is 3.22. The van der Waals surface area contributed by atoms with Crippen molar-refractivity contribution in [1.29, 1.82) is 0 Å². The summed E-state index contributed by atoms with van der Waals surface area (Å²) in [6, 6.07) is 7.70. The minimum atomic E-state index is -0.0673. The summed E-state index contributed by atoms with van der Waals surface area (Å²) >= 11 is 0. The first-order chi connectivity index (χ1) is 13.6. The van der Waals surface area contributed by atoms with Gasteiger partial charge in [0.2, 0.25) is 5.91 Å². The summed E-state index contributed by atoms with van der Waals surface area (Å²) in [6.07, 6.45) is 10.3. The Bertz CT molecular complexity index is 672. The molecule has 0 unspecified atom stereocenters. The van der Waals surface area contributed by atoms with Crippen molar-refractivity contribution in [3.05, 3.63) is 41.5 Å². The molecule has 0 aromatic heterocycles. The highest BCUT2D eigenvalue weighted by atomic mass is 16.2. The predicted molar refractivity (Wildman–Crippen MR) is 113 cm³/mol. The fraction of sp³-hybridized carbons (Fsp3) is 0.565. The Labute approximate surface area is 168 Å². The van der Waals surface area contributed by atoms with Gasteiger partial charge in [-0.15, -0.1) is 0 Å². The van der Waals surface area contributed by atoms with Crippen LogP contribution in [-0.2, 0) is 4.79 Å². The second-order valence-corrected chi connectivity index (χ2v) is 8.23. The van der Waals surface area contributed by atoms with Gasteiger partial charge in [-0.25, -0.2) is 0 Å². The zero-order chi connectivity index (χ0) is 19.8. The van der Waals surface area contributed by atoms with E-state index >= 15 is 0 Å². The van der Waals surface area contributed by atoms with Gasteiger partial charge in [0.25, 0.3) is 5.91 Å². The second-order valence-electron chi connectivity index (χ2n) is 8.23. The van der Waals surface area contributed by atoms with Crippen LogP contribution in [0, 0.1) is 5.92 Å². The average molecular weight is 384 g/mol. The van der Waals surface area contributed by atoms with Crippen LogP contribution >= 0.6 is 0 Å². The molecule has 2 fully saturated rings. The van der Waals surface area contributed by atoms with Gasteiger partial charge in [-0.05, 0) is 87.8 Å². The summed E-state index contributed by atoms with van der Waals surface area (Å²) in [4.78, 5) is 26.4. The van der Waals surface area contributed by atoms with Crippen LogP contribution in [0.25, 0.3) is 6.08 Å². The van der Waals surface area contributed by atoms with Gasteiger partial charge in [0.15, 0.2) is 0 Å². The molecule has 152 valence electrons. The van der Waals surface area contributed by atoms with E-state index in [1.54, 1.807) is 24.3 Å². The molecule has 3 rings (SSSR count). The van der Waals surface area contributed by atoms with Gasteiger partial charge in [-0.1, -0.05) is 19.1 Å². The molecule has 5 heteroatoms. The molecule has 2 aliphatic rings. The van der Waals surface area contributed by atoms with Crippen molar-refractivity contribution >= 4 is 17.9 Å². The minimum Gasteiger partial charge on any atom is -0.353 e. The van der Waals surface area contributed by atoms with Crippen LogP contribution in [0.3, 0.4) is 0 Å². The van der Waals surface area contributed by atoms with E-state index in [0.717, 1.165) is 43.7 Å². The normalized spacial score (nSPS) is 18.3. The van der Waals surface area contributed by atoms with Crippen molar-refractivity contribution in [3.63, 3.8) is 0 Å². The van der Waals surface area contributed by atoms with E-state index in [-0.39, 0.29) is 11.8 Å². The van der Waals surface area contributed by atoms with Gasteiger partial charge >= 0.3 is 0 Å². The second kappa shape index (κ2) is 10.4. The number of amides is 2. The van der Waals surface area contributed by atoms with Gasteiger partial charge in [0, 0.05) is 24.2 Å². The summed E-state index contributed by atoms with van der Waals surface area (Å²) in [5, 5.41) is 5.92. The molecular weight excluding hydrogens is 350 g/mol. The maximum absolute atomic E-state index is 12.0. The highest BCUT2D eigenvalue weighted by Gasteiger charge is 2.23. The third-order valence-corrected chi connectivity index (χ3v) is 5.59. The zero-order valence-electron chi connectivity index (χ0n) is 17.0. The van der Waals surface area contributed by atoms with Crippen molar-refractivity contribution in [2.45, 2.75) is 51.5 Å². The molecule has 0 spiro atoms. The first-order valence-electron chi connectivity index (χ1n) is 10.7. The summed E-state index contributed by atoms with van der Waals surface area (Å²) in [5.41, 5.74) is 1.58. The number of nitrogens with zero attached hydrogens (tertiary/aromatic N) is 1. The highest BCUT2D eigenvalue weighted by molar-refractivity contribution is 5.95. The van der Waals surface area contributed by atoms with Gasteiger partial charge in [-0.3, -0.25) is 9.59 Å². The molecule has 2 amide bonds. The number of piperidine rings is 1. The number of benzene rings is 1. The van der Waals surface area contributed by atoms with E-state index in [9.17, 15) is 9.59 Å². The SMILES string of the molecule is CC1CCN(CCCCNC(=O)/C=C/c2ccc(C(=O)NC3CC3)cc2)CC1. The quantitative estimate of drug-likeness (QED) is 0.508. The lowest BCUT2D eigenvalue weighted by molar-refractivity contribution is -0.116. The number of hydrogen-bond donors (Lipinski definition) is 2. The highest BCUT2D eigenvalue weighted by Crippen LogP contribution is 2.19. The summed E-state index contributed by atoms with van der Waals surface area (Å²) in [5.74, 6) is 0.788. The summed E-state index contributed by atoms with van der Waals surface area (Å²) in [7, 11) is 0. The first kappa shape index (κ1) is 20.6. The van der Waals surface area contributed by atoms with Gasteiger partial charge < -0.3 is 15.5 Å². The molecule has 1 heterocycles. The molecule has 28 heavy (non-hydrogen) atoms. The maximum Gasteiger partial charge on any atom is 0.251 e. The molecule has 1 saturated carbocycles. The smallest absolute Gasteiger partial charge is 0.251 e. The van der Waals surface area contributed by atoms with E-state index < -0.39 is 0 Å². The van der Waals surface area contributed by atoms with E-state index in [1.807, 2.05) is 12.1 Å². The van der Waals surface area contributed by atoms with Crippen LogP contribution in [-0.4, -0.2) is 48.9 Å². The number of carbonyl (C=O) groups is 2. The number of unbranched alkanes of at least 4 members (excludes halogenated alkanes) is 1. The van der Waals surface area contributed by atoms with E-state index in [4.69, 9.17) is 0 Å². The molecule has 0 bridgehead atoms. The lowest BCUT2D eigenvalue weighted by Crippen LogP contribution is -2.34. The fourth-order valence-electron chi connectivity index (χ4n) is 3.43. The number of nitrogens with one attached hydrogen (secondary N) is 2. The first-order valence-corrected chi connectivity index (χ1v) is 10.7. The van der Waals surface area contributed by atoms with Crippen LogP contribution < -0.4 is 10.6 Å². The van der Waals surface area contributed by atoms with E-state index in [0.29, 0.717) is 18.2 Å². The number of carbonyl (C=O) groups excluding carboxylic acids is 2. The number of rotatable bonds is 9. The Morgan fingerprint density at radius 2 is 1.79 bits per heavy atom. The van der Waals surface area contributed by atoms with Crippen molar-refractivity contribution in [3.8, 4) is 0 Å². The maximum atomic E-state index is 12.0.